The van der Waals surface area contributed by atoms with Gasteiger partial charge in [-0.1, -0.05) is 271 Å². The molecular weight excluding hydrogens is 1090 g/mol. The van der Waals surface area contributed by atoms with Crippen LogP contribution in [0.25, 0.3) is 94.3 Å². The number of aromatic nitrogens is 1. The van der Waals surface area contributed by atoms with Crippen LogP contribution in [-0.2, 0) is 11.8 Å². The van der Waals surface area contributed by atoms with Crippen LogP contribution < -0.4 is 26.2 Å². The third-order valence-electron chi connectivity index (χ3n) is 18.9. The van der Waals surface area contributed by atoms with Crippen molar-refractivity contribution in [2.75, 3.05) is 9.80 Å². The fourth-order valence-electron chi connectivity index (χ4n) is 14.6. The number of hydrogen-bond acceptors (Lipinski definition) is 2. The van der Waals surface area contributed by atoms with Gasteiger partial charge in [0.05, 0.1) is 22.4 Å². The molecule has 0 amide bonds. The van der Waals surface area contributed by atoms with Gasteiger partial charge in [0.25, 0.3) is 6.71 Å². The van der Waals surface area contributed by atoms with Gasteiger partial charge in [-0.05, 0) is 163 Å². The van der Waals surface area contributed by atoms with Crippen molar-refractivity contribution in [1.29, 1.82) is 0 Å². The topological polar surface area (TPSA) is 11.4 Å². The molecule has 2 aliphatic heterocycles. The summed E-state index contributed by atoms with van der Waals surface area (Å²) in [5, 5.41) is 2.47. The van der Waals surface area contributed by atoms with Crippen molar-refractivity contribution >= 4 is 79.0 Å². The number of nitrogens with zero attached hydrogens (tertiary/aromatic N) is 3. The molecule has 0 unspecified atom stereocenters. The Morgan fingerprint density at radius 2 is 0.767 bits per heavy atom. The molecule has 16 rings (SSSR count). The number of anilines is 6. The molecule has 3 nitrogen and oxygen atoms in total. The van der Waals surface area contributed by atoms with Crippen LogP contribution in [0.2, 0.25) is 0 Å². The fraction of sp³-hybridized carbons (Fsp3) is 0.0930. The molecule has 0 radical (unpaired) electrons. The molecule has 0 fully saturated rings. The summed E-state index contributed by atoms with van der Waals surface area (Å²) < 4.78 is 2.50. The molecule has 13 aromatic carbocycles. The van der Waals surface area contributed by atoms with Crippen molar-refractivity contribution in [1.82, 2.24) is 4.57 Å². The summed E-state index contributed by atoms with van der Waals surface area (Å²) in [7, 11) is 0. The molecular formula is C86H68BN3. The van der Waals surface area contributed by atoms with E-state index < -0.39 is 0 Å². The number of para-hydroxylation sites is 2. The number of aryl methyl sites for hydroxylation is 1. The van der Waals surface area contributed by atoms with Crippen molar-refractivity contribution in [2.24, 2.45) is 0 Å². The van der Waals surface area contributed by atoms with Crippen LogP contribution in [0.1, 0.15) is 51.7 Å². The van der Waals surface area contributed by atoms with Gasteiger partial charge in [0.2, 0.25) is 0 Å². The van der Waals surface area contributed by atoms with Crippen LogP contribution in [0.15, 0.2) is 303 Å². The lowest BCUT2D eigenvalue weighted by Gasteiger charge is -2.46. The molecule has 2 aliphatic rings. The number of unbranched alkanes of at least 4 members (excludes halogenated alkanes) is 1. The smallest absolute Gasteiger partial charge is 0.252 e. The van der Waals surface area contributed by atoms with E-state index in [0.717, 1.165) is 64.1 Å². The first kappa shape index (κ1) is 54.7. The van der Waals surface area contributed by atoms with Crippen LogP contribution in [0.4, 0.5) is 34.1 Å². The lowest BCUT2D eigenvalue weighted by molar-refractivity contribution is 0.590. The van der Waals surface area contributed by atoms with Crippen LogP contribution in [0, 0.1) is 0 Å². The molecule has 0 aliphatic carbocycles. The molecule has 0 spiro atoms. The number of fused-ring (bicyclic) bond motifs is 7. The highest BCUT2D eigenvalue weighted by Crippen LogP contribution is 2.54. The van der Waals surface area contributed by atoms with Gasteiger partial charge in [0.15, 0.2) is 0 Å². The molecule has 0 saturated carbocycles. The minimum atomic E-state index is -0.271. The summed E-state index contributed by atoms with van der Waals surface area (Å²) in [6.07, 6.45) is 3.04. The zero-order valence-corrected chi connectivity index (χ0v) is 51.4. The maximum absolute atomic E-state index is 2.72. The highest BCUT2D eigenvalue weighted by atomic mass is 15.2. The first-order valence-electron chi connectivity index (χ1n) is 32.0. The molecule has 0 saturated heterocycles. The van der Waals surface area contributed by atoms with Crippen molar-refractivity contribution in [2.45, 2.75) is 52.4 Å². The van der Waals surface area contributed by atoms with Crippen molar-refractivity contribution in [3.63, 3.8) is 0 Å². The largest absolute Gasteiger partial charge is 0.311 e. The molecule has 3 heterocycles. The standard InChI is InChI=1S/C86H68BN3/c1-5-6-29-65-50-66(59-32-15-8-16-33-59)51-72(61-36-19-10-20-37-61)84(65)89-79-49-46-64(58-30-13-7-14-31-58)54-76(79)87-75-48-47-69(88-77-44-27-25-42-70(77)71-43-26-28-45-78(71)88)57-80(75)90(82-56-68(86(2,3)4)55-81(89)83(82)87)85-73(62-38-21-11-22-39-62)52-67(60-34-17-9-18-35-60)53-74(85)63-40-23-12-24-41-63/h7-28,30-57H,5-6,29H2,1-4H3. The quantitative estimate of drug-likeness (QED) is 0.113. The van der Waals surface area contributed by atoms with Crippen molar-refractivity contribution in [3.8, 4) is 72.4 Å². The average molecular weight is 1150 g/mol. The van der Waals surface area contributed by atoms with E-state index in [1.54, 1.807) is 0 Å². The van der Waals surface area contributed by atoms with E-state index in [-0.39, 0.29) is 12.1 Å². The van der Waals surface area contributed by atoms with E-state index in [9.17, 15) is 0 Å². The SMILES string of the molecule is CCCCc1cc(-c2ccccc2)cc(-c2ccccc2)c1N1c2ccc(-c3ccccc3)cc2B2c3ccc(-n4c5ccccc5c5ccccc54)cc3N(c3c(-c4ccccc4)cc(-c4ccccc4)cc3-c3ccccc3)c3cc(C(C)(C)C)cc1c32. The summed E-state index contributed by atoms with van der Waals surface area (Å²) in [5.41, 5.74) is 30.9. The number of hydrogen-bond donors (Lipinski definition) is 0. The van der Waals surface area contributed by atoms with Crippen molar-refractivity contribution in [3.05, 3.63) is 314 Å². The molecule has 0 atom stereocenters. The first-order chi connectivity index (χ1) is 44.3. The summed E-state index contributed by atoms with van der Waals surface area (Å²) in [6, 6.07) is 114. The lowest BCUT2D eigenvalue weighted by Crippen LogP contribution is -2.61. The van der Waals surface area contributed by atoms with Gasteiger partial charge in [0, 0.05) is 55.9 Å². The van der Waals surface area contributed by atoms with Gasteiger partial charge < -0.3 is 14.4 Å². The second-order valence-electron chi connectivity index (χ2n) is 25.4. The van der Waals surface area contributed by atoms with E-state index in [4.69, 9.17) is 0 Å². The third-order valence-corrected chi connectivity index (χ3v) is 18.9. The summed E-state index contributed by atoms with van der Waals surface area (Å²) in [4.78, 5) is 5.44. The molecule has 0 N–H and O–H groups in total. The van der Waals surface area contributed by atoms with Crippen molar-refractivity contribution < 1.29 is 0 Å². The molecule has 4 heteroatoms. The Hall–Kier alpha value is -10.7. The minimum absolute atomic E-state index is 0.177. The second-order valence-corrected chi connectivity index (χ2v) is 25.4. The maximum atomic E-state index is 2.72. The monoisotopic (exact) mass is 1150 g/mol. The Morgan fingerprint density at radius 3 is 1.26 bits per heavy atom. The van der Waals surface area contributed by atoms with Gasteiger partial charge in [-0.2, -0.15) is 0 Å². The zero-order valence-electron chi connectivity index (χ0n) is 51.4. The highest BCUT2D eigenvalue weighted by Gasteiger charge is 2.46. The van der Waals surface area contributed by atoms with Crippen LogP contribution in [0.5, 0.6) is 0 Å². The Bertz CT molecular complexity index is 4900. The maximum Gasteiger partial charge on any atom is 0.252 e. The predicted molar refractivity (Wildman–Crippen MR) is 385 cm³/mol. The normalized spacial score (nSPS) is 12.5. The van der Waals surface area contributed by atoms with E-state index in [0.29, 0.717) is 0 Å². The van der Waals surface area contributed by atoms with E-state index in [1.807, 2.05) is 0 Å². The lowest BCUT2D eigenvalue weighted by atomic mass is 9.33. The summed E-state index contributed by atoms with van der Waals surface area (Å²) >= 11 is 0. The predicted octanol–water partition coefficient (Wildman–Crippen LogP) is 21.5. The Labute approximate surface area is 529 Å². The van der Waals surface area contributed by atoms with E-state index >= 15 is 0 Å². The van der Waals surface area contributed by atoms with Gasteiger partial charge in [-0.25, -0.2) is 0 Å². The molecule has 0 bridgehead atoms. The third kappa shape index (κ3) is 9.36. The molecule has 90 heavy (non-hydrogen) atoms. The molecule has 1 aromatic heterocycles. The Morgan fingerprint density at radius 1 is 0.333 bits per heavy atom. The van der Waals surface area contributed by atoms with Gasteiger partial charge in [0.1, 0.15) is 0 Å². The van der Waals surface area contributed by atoms with Gasteiger partial charge >= 0.3 is 0 Å². The van der Waals surface area contributed by atoms with Crippen LogP contribution in [-0.4, -0.2) is 11.3 Å². The van der Waals surface area contributed by atoms with Crippen LogP contribution in [0.3, 0.4) is 0 Å². The minimum Gasteiger partial charge on any atom is -0.311 e. The zero-order chi connectivity index (χ0) is 60.5. The van der Waals surface area contributed by atoms with Crippen LogP contribution >= 0.6 is 0 Å². The second kappa shape index (κ2) is 22.5. The van der Waals surface area contributed by atoms with E-state index in [1.165, 1.54) is 111 Å². The average Bonchev–Trinajstić information content (AvgIpc) is 1.24. The Kier molecular flexibility index (Phi) is 13.7. The van der Waals surface area contributed by atoms with Gasteiger partial charge in [-0.15, -0.1) is 0 Å². The van der Waals surface area contributed by atoms with Gasteiger partial charge in [-0.3, -0.25) is 0 Å². The molecule has 14 aromatic rings. The fourth-order valence-corrected chi connectivity index (χ4v) is 14.6. The van der Waals surface area contributed by atoms with E-state index in [2.05, 4.69) is 345 Å². The summed E-state index contributed by atoms with van der Waals surface area (Å²) in [6.45, 7) is 9.33. The first-order valence-corrected chi connectivity index (χ1v) is 32.0. The number of benzene rings is 13. The summed E-state index contributed by atoms with van der Waals surface area (Å²) in [5.74, 6) is 0. The highest BCUT2D eigenvalue weighted by molar-refractivity contribution is 7.00. The Balaban J connectivity index is 1.09. The number of rotatable bonds is 12. The molecule has 430 valence electrons.